The largest absolute Gasteiger partial charge is 0.357 e. The van der Waals surface area contributed by atoms with Gasteiger partial charge in [-0.05, 0) is 50.2 Å². The molecule has 1 atom stereocenters. The third-order valence-electron chi connectivity index (χ3n) is 4.30. The molecular weight excluding hydrogens is 292 g/mol. The fourth-order valence-electron chi connectivity index (χ4n) is 2.89. The Morgan fingerprint density at radius 3 is 2.73 bits per heavy atom. The molecule has 1 unspecified atom stereocenters. The highest BCUT2D eigenvalue weighted by Crippen LogP contribution is 2.29. The van der Waals surface area contributed by atoms with Gasteiger partial charge >= 0.3 is 0 Å². The van der Waals surface area contributed by atoms with Crippen LogP contribution >= 0.6 is 11.3 Å². The lowest BCUT2D eigenvalue weighted by atomic mass is 9.97. The summed E-state index contributed by atoms with van der Waals surface area (Å²) in [7, 11) is 4.09. The van der Waals surface area contributed by atoms with Crippen molar-refractivity contribution >= 4 is 17.3 Å². The molecule has 0 bridgehead atoms. The molecule has 1 N–H and O–H groups in total. The summed E-state index contributed by atoms with van der Waals surface area (Å²) in [4.78, 5) is 11.0. The van der Waals surface area contributed by atoms with Crippen molar-refractivity contribution in [3.05, 3.63) is 22.4 Å². The molecule has 1 aromatic heterocycles. The SMILES string of the molecule is CCNC(=NCC(c1cccs1)N1CCC(C)CC1)N(C)C. The molecule has 1 aromatic rings. The highest BCUT2D eigenvalue weighted by Gasteiger charge is 2.25. The number of hydrogen-bond donors (Lipinski definition) is 1. The normalized spacial score (nSPS) is 19.2. The van der Waals surface area contributed by atoms with Gasteiger partial charge in [-0.15, -0.1) is 11.3 Å². The van der Waals surface area contributed by atoms with Gasteiger partial charge in [0.15, 0.2) is 5.96 Å². The summed E-state index contributed by atoms with van der Waals surface area (Å²) in [6, 6.07) is 4.83. The van der Waals surface area contributed by atoms with Crippen LogP contribution in [0.5, 0.6) is 0 Å². The molecule has 2 rings (SSSR count). The van der Waals surface area contributed by atoms with E-state index >= 15 is 0 Å². The van der Waals surface area contributed by atoms with Gasteiger partial charge in [0, 0.05) is 25.5 Å². The Labute approximate surface area is 139 Å². The number of piperidine rings is 1. The highest BCUT2D eigenvalue weighted by molar-refractivity contribution is 7.10. The molecule has 0 aromatic carbocycles. The first kappa shape index (κ1) is 17.3. The molecule has 1 aliphatic heterocycles. The van der Waals surface area contributed by atoms with Gasteiger partial charge in [-0.25, -0.2) is 0 Å². The van der Waals surface area contributed by atoms with Crippen LogP contribution in [0.2, 0.25) is 0 Å². The molecule has 0 spiro atoms. The fourth-order valence-corrected chi connectivity index (χ4v) is 3.75. The van der Waals surface area contributed by atoms with E-state index in [0.29, 0.717) is 6.04 Å². The van der Waals surface area contributed by atoms with Gasteiger partial charge in [-0.2, -0.15) is 0 Å². The van der Waals surface area contributed by atoms with Crippen LogP contribution in [0.25, 0.3) is 0 Å². The molecule has 0 amide bonds. The molecule has 0 aliphatic carbocycles. The van der Waals surface area contributed by atoms with E-state index in [1.807, 2.05) is 25.4 Å². The van der Waals surface area contributed by atoms with Crippen molar-refractivity contribution in [3.63, 3.8) is 0 Å². The Morgan fingerprint density at radius 2 is 2.18 bits per heavy atom. The predicted octanol–water partition coefficient (Wildman–Crippen LogP) is 3.05. The van der Waals surface area contributed by atoms with Gasteiger partial charge in [-0.3, -0.25) is 9.89 Å². The van der Waals surface area contributed by atoms with E-state index < -0.39 is 0 Å². The Balaban J connectivity index is 2.10. The predicted molar refractivity (Wildman–Crippen MR) is 96.7 cm³/mol. The molecule has 0 radical (unpaired) electrons. The Kier molecular flexibility index (Phi) is 6.70. The quantitative estimate of drug-likeness (QED) is 0.668. The zero-order valence-electron chi connectivity index (χ0n) is 14.4. The number of rotatable bonds is 5. The Bertz CT molecular complexity index is 447. The van der Waals surface area contributed by atoms with Crippen LogP contribution in [0.1, 0.15) is 37.6 Å². The van der Waals surface area contributed by atoms with Crippen molar-refractivity contribution in [2.75, 3.05) is 40.3 Å². The van der Waals surface area contributed by atoms with Crippen LogP contribution in [-0.2, 0) is 0 Å². The molecule has 5 heteroatoms. The lowest BCUT2D eigenvalue weighted by Gasteiger charge is -2.35. The molecule has 2 heterocycles. The second-order valence-electron chi connectivity index (χ2n) is 6.34. The minimum atomic E-state index is 0.418. The topological polar surface area (TPSA) is 30.9 Å². The van der Waals surface area contributed by atoms with Gasteiger partial charge in [0.05, 0.1) is 12.6 Å². The van der Waals surface area contributed by atoms with E-state index in [-0.39, 0.29) is 0 Å². The van der Waals surface area contributed by atoms with Crippen LogP contribution in [0, 0.1) is 5.92 Å². The number of thiophene rings is 1. The summed E-state index contributed by atoms with van der Waals surface area (Å²) in [5.74, 6) is 1.84. The standard InChI is InChI=1S/C17H30N4S/c1-5-18-17(20(3)4)19-13-15(16-7-6-12-22-16)21-10-8-14(2)9-11-21/h6-7,12,14-15H,5,8-11,13H2,1-4H3,(H,18,19). The molecule has 4 nitrogen and oxygen atoms in total. The summed E-state index contributed by atoms with van der Waals surface area (Å²) in [5.41, 5.74) is 0. The maximum Gasteiger partial charge on any atom is 0.193 e. The second-order valence-corrected chi connectivity index (χ2v) is 7.32. The van der Waals surface area contributed by atoms with Crippen molar-refractivity contribution in [3.8, 4) is 0 Å². The Hall–Kier alpha value is -1.07. The highest BCUT2D eigenvalue weighted by atomic mass is 32.1. The first-order chi connectivity index (χ1) is 10.6. The van der Waals surface area contributed by atoms with Gasteiger partial charge in [0.1, 0.15) is 0 Å². The van der Waals surface area contributed by atoms with Crippen molar-refractivity contribution in [2.24, 2.45) is 10.9 Å². The lowest BCUT2D eigenvalue weighted by molar-refractivity contribution is 0.143. The summed E-state index contributed by atoms with van der Waals surface area (Å²) in [6.07, 6.45) is 2.61. The maximum absolute atomic E-state index is 4.86. The number of hydrogen-bond acceptors (Lipinski definition) is 3. The average molecular weight is 323 g/mol. The van der Waals surface area contributed by atoms with Crippen LogP contribution in [-0.4, -0.2) is 56.0 Å². The number of nitrogens with zero attached hydrogens (tertiary/aromatic N) is 3. The van der Waals surface area contributed by atoms with Crippen LogP contribution in [0.3, 0.4) is 0 Å². The molecule has 1 saturated heterocycles. The van der Waals surface area contributed by atoms with Crippen LogP contribution in [0.4, 0.5) is 0 Å². The minimum Gasteiger partial charge on any atom is -0.357 e. The van der Waals surface area contributed by atoms with Gasteiger partial charge < -0.3 is 10.2 Å². The van der Waals surface area contributed by atoms with Gasteiger partial charge in [0.25, 0.3) is 0 Å². The average Bonchev–Trinajstić information content (AvgIpc) is 3.02. The zero-order valence-corrected chi connectivity index (χ0v) is 15.2. The van der Waals surface area contributed by atoms with Crippen molar-refractivity contribution < 1.29 is 0 Å². The Morgan fingerprint density at radius 1 is 1.45 bits per heavy atom. The summed E-state index contributed by atoms with van der Waals surface area (Å²) in [5, 5.41) is 5.53. The number of guanidine groups is 1. The molecule has 1 fully saturated rings. The maximum atomic E-state index is 4.86. The van der Waals surface area contributed by atoms with E-state index in [9.17, 15) is 0 Å². The summed E-state index contributed by atoms with van der Waals surface area (Å²) < 4.78 is 0. The fraction of sp³-hybridized carbons (Fsp3) is 0.706. The van der Waals surface area contributed by atoms with E-state index in [0.717, 1.165) is 25.0 Å². The van der Waals surface area contributed by atoms with Crippen molar-refractivity contribution in [1.82, 2.24) is 15.1 Å². The van der Waals surface area contributed by atoms with Gasteiger partial charge in [-0.1, -0.05) is 13.0 Å². The number of nitrogens with one attached hydrogen (secondary N) is 1. The summed E-state index contributed by atoms with van der Waals surface area (Å²) in [6.45, 7) is 8.60. The van der Waals surface area contributed by atoms with Crippen LogP contribution < -0.4 is 5.32 Å². The van der Waals surface area contributed by atoms with E-state index in [1.54, 1.807) is 0 Å². The van der Waals surface area contributed by atoms with E-state index in [4.69, 9.17) is 4.99 Å². The third-order valence-corrected chi connectivity index (χ3v) is 5.28. The molecule has 22 heavy (non-hydrogen) atoms. The van der Waals surface area contributed by atoms with Gasteiger partial charge in [0.2, 0.25) is 0 Å². The molecule has 0 saturated carbocycles. The van der Waals surface area contributed by atoms with E-state index in [2.05, 4.69) is 46.5 Å². The zero-order chi connectivity index (χ0) is 15.9. The number of likely N-dealkylation sites (tertiary alicyclic amines) is 1. The van der Waals surface area contributed by atoms with Crippen molar-refractivity contribution in [2.45, 2.75) is 32.7 Å². The molecular formula is C17H30N4S. The van der Waals surface area contributed by atoms with Crippen LogP contribution in [0.15, 0.2) is 22.5 Å². The third kappa shape index (κ3) is 4.71. The molecule has 1 aliphatic rings. The van der Waals surface area contributed by atoms with E-state index in [1.165, 1.54) is 30.8 Å². The lowest BCUT2D eigenvalue weighted by Crippen LogP contribution is -2.39. The second kappa shape index (κ2) is 8.53. The summed E-state index contributed by atoms with van der Waals surface area (Å²) >= 11 is 1.85. The monoisotopic (exact) mass is 322 g/mol. The van der Waals surface area contributed by atoms with Crippen molar-refractivity contribution in [1.29, 1.82) is 0 Å². The number of aliphatic imine (C=N–C) groups is 1. The first-order valence-electron chi connectivity index (χ1n) is 8.35. The molecule has 124 valence electrons. The smallest absolute Gasteiger partial charge is 0.193 e. The first-order valence-corrected chi connectivity index (χ1v) is 9.22. The minimum absolute atomic E-state index is 0.418.